The van der Waals surface area contributed by atoms with E-state index in [1.165, 1.54) is 56.7 Å². The van der Waals surface area contributed by atoms with E-state index in [2.05, 4.69) is 17.2 Å². The van der Waals surface area contributed by atoms with Gasteiger partial charge in [0.25, 0.3) is 0 Å². The smallest absolute Gasteiger partial charge is 0.156 e. The van der Waals surface area contributed by atoms with Gasteiger partial charge in [0, 0.05) is 11.8 Å². The Morgan fingerprint density at radius 2 is 1.83 bits per heavy atom. The molecule has 1 unspecified atom stereocenters. The molecule has 0 amide bonds. The van der Waals surface area contributed by atoms with Crippen LogP contribution in [0.2, 0.25) is 0 Å². The lowest BCUT2D eigenvalue weighted by Gasteiger charge is -2.28. The summed E-state index contributed by atoms with van der Waals surface area (Å²) < 4.78 is 0. The van der Waals surface area contributed by atoms with Crippen molar-refractivity contribution in [2.75, 3.05) is 13.1 Å². The lowest BCUT2D eigenvalue weighted by Crippen LogP contribution is -2.29. The molecule has 2 saturated carbocycles. The number of nitrogens with zero attached hydrogens (tertiary/aromatic N) is 1. The van der Waals surface area contributed by atoms with Crippen LogP contribution in [0.5, 0.6) is 0 Å². The molecule has 3 aliphatic rings. The summed E-state index contributed by atoms with van der Waals surface area (Å²) in [6.07, 6.45) is 10.0. The molecule has 2 nitrogen and oxygen atoms in total. The SMILES string of the molecule is CCC1CCC(CNC2=NCC(C3CC3)S2)CC1. The predicted octanol–water partition coefficient (Wildman–Crippen LogP) is 3.67. The first kappa shape index (κ1) is 12.8. The van der Waals surface area contributed by atoms with Crippen LogP contribution in [0.25, 0.3) is 0 Å². The van der Waals surface area contributed by atoms with E-state index in [9.17, 15) is 0 Å². The topological polar surface area (TPSA) is 24.4 Å². The van der Waals surface area contributed by atoms with Gasteiger partial charge in [0.1, 0.15) is 0 Å². The minimum absolute atomic E-state index is 0.809. The second-order valence-electron chi connectivity index (χ2n) is 6.32. The molecule has 0 aromatic heterocycles. The van der Waals surface area contributed by atoms with Gasteiger partial charge >= 0.3 is 0 Å². The zero-order valence-corrected chi connectivity index (χ0v) is 12.3. The number of thioether (sulfide) groups is 1. The third kappa shape index (κ3) is 3.23. The maximum absolute atomic E-state index is 4.66. The molecule has 1 atom stereocenters. The minimum atomic E-state index is 0.809. The first-order valence-electron chi connectivity index (χ1n) is 7.80. The van der Waals surface area contributed by atoms with E-state index in [0.717, 1.165) is 29.5 Å². The average molecular weight is 266 g/mol. The highest BCUT2D eigenvalue weighted by atomic mass is 32.2. The second-order valence-corrected chi connectivity index (χ2v) is 7.54. The maximum atomic E-state index is 4.66. The highest BCUT2D eigenvalue weighted by Crippen LogP contribution is 2.41. The van der Waals surface area contributed by atoms with Crippen molar-refractivity contribution in [1.82, 2.24) is 5.32 Å². The van der Waals surface area contributed by atoms with Crippen molar-refractivity contribution >= 4 is 16.9 Å². The van der Waals surface area contributed by atoms with E-state index in [-0.39, 0.29) is 0 Å². The summed E-state index contributed by atoms with van der Waals surface area (Å²) in [7, 11) is 0. The number of hydrogen-bond donors (Lipinski definition) is 1. The van der Waals surface area contributed by atoms with Gasteiger partial charge in [-0.3, -0.25) is 4.99 Å². The highest BCUT2D eigenvalue weighted by molar-refractivity contribution is 8.14. The second kappa shape index (κ2) is 5.85. The zero-order chi connectivity index (χ0) is 12.4. The lowest BCUT2D eigenvalue weighted by atomic mass is 9.81. The minimum Gasteiger partial charge on any atom is -0.365 e. The van der Waals surface area contributed by atoms with Crippen molar-refractivity contribution in [1.29, 1.82) is 0 Å². The molecule has 0 saturated heterocycles. The molecule has 0 radical (unpaired) electrons. The van der Waals surface area contributed by atoms with E-state index < -0.39 is 0 Å². The fourth-order valence-electron chi connectivity index (χ4n) is 3.28. The van der Waals surface area contributed by atoms with E-state index in [1.807, 2.05) is 11.8 Å². The van der Waals surface area contributed by atoms with E-state index in [4.69, 9.17) is 0 Å². The van der Waals surface area contributed by atoms with E-state index in [0.29, 0.717) is 0 Å². The van der Waals surface area contributed by atoms with Crippen molar-refractivity contribution in [3.63, 3.8) is 0 Å². The molecule has 102 valence electrons. The van der Waals surface area contributed by atoms with Gasteiger partial charge in [-0.25, -0.2) is 0 Å². The summed E-state index contributed by atoms with van der Waals surface area (Å²) >= 11 is 2.01. The summed E-state index contributed by atoms with van der Waals surface area (Å²) in [6, 6.07) is 0. The molecule has 3 rings (SSSR count). The van der Waals surface area contributed by atoms with Crippen molar-refractivity contribution in [3.8, 4) is 0 Å². The first-order chi connectivity index (χ1) is 8.85. The molecule has 1 heterocycles. The molecule has 0 spiro atoms. The van der Waals surface area contributed by atoms with Crippen LogP contribution in [0.3, 0.4) is 0 Å². The van der Waals surface area contributed by atoms with Gasteiger partial charge in [0.05, 0.1) is 6.54 Å². The number of amidine groups is 1. The Kier molecular flexibility index (Phi) is 4.17. The number of hydrogen-bond acceptors (Lipinski definition) is 3. The summed E-state index contributed by atoms with van der Waals surface area (Å²) in [5.74, 6) is 2.90. The molecule has 1 N–H and O–H groups in total. The van der Waals surface area contributed by atoms with Gasteiger partial charge in [-0.15, -0.1) is 0 Å². The molecule has 0 aromatic carbocycles. The highest BCUT2D eigenvalue weighted by Gasteiger charge is 2.35. The van der Waals surface area contributed by atoms with Gasteiger partial charge in [0.2, 0.25) is 0 Å². The van der Waals surface area contributed by atoms with Crippen LogP contribution in [-0.2, 0) is 0 Å². The number of rotatable bonds is 4. The van der Waals surface area contributed by atoms with Crippen LogP contribution in [0.15, 0.2) is 4.99 Å². The molecule has 2 fully saturated rings. The van der Waals surface area contributed by atoms with Crippen LogP contribution in [-0.4, -0.2) is 23.5 Å². The molecule has 0 bridgehead atoms. The fourth-order valence-corrected chi connectivity index (χ4v) is 4.49. The van der Waals surface area contributed by atoms with Gasteiger partial charge < -0.3 is 5.32 Å². The Bertz CT molecular complexity index is 304. The summed E-state index contributed by atoms with van der Waals surface area (Å²) in [5.41, 5.74) is 0. The van der Waals surface area contributed by atoms with Crippen LogP contribution in [0.1, 0.15) is 51.9 Å². The van der Waals surface area contributed by atoms with Crippen molar-refractivity contribution in [3.05, 3.63) is 0 Å². The fraction of sp³-hybridized carbons (Fsp3) is 0.933. The standard InChI is InChI=1S/C15H26N2S/c1-2-11-3-5-12(6-4-11)9-16-15-17-10-14(18-15)13-7-8-13/h11-14H,2-10H2,1H3,(H,16,17). The zero-order valence-electron chi connectivity index (χ0n) is 11.5. The van der Waals surface area contributed by atoms with E-state index >= 15 is 0 Å². The largest absolute Gasteiger partial charge is 0.365 e. The third-order valence-electron chi connectivity index (χ3n) is 4.91. The molecule has 18 heavy (non-hydrogen) atoms. The Morgan fingerprint density at radius 3 is 2.50 bits per heavy atom. The maximum Gasteiger partial charge on any atom is 0.156 e. The molecule has 0 aromatic rings. The summed E-state index contributed by atoms with van der Waals surface area (Å²) in [6.45, 7) is 4.57. The molecule has 2 aliphatic carbocycles. The van der Waals surface area contributed by atoms with E-state index in [1.54, 1.807) is 0 Å². The Balaban J connectivity index is 1.35. The first-order valence-corrected chi connectivity index (χ1v) is 8.68. The Labute approximate surface area is 115 Å². The summed E-state index contributed by atoms with van der Waals surface area (Å²) in [4.78, 5) is 4.66. The van der Waals surface area contributed by atoms with Crippen LogP contribution in [0, 0.1) is 17.8 Å². The Hall–Kier alpha value is -0.180. The molecular weight excluding hydrogens is 240 g/mol. The molecule has 1 aliphatic heterocycles. The van der Waals surface area contributed by atoms with Gasteiger partial charge in [-0.1, -0.05) is 37.9 Å². The van der Waals surface area contributed by atoms with Gasteiger partial charge in [0.15, 0.2) is 5.17 Å². The monoisotopic (exact) mass is 266 g/mol. The van der Waals surface area contributed by atoms with Crippen LogP contribution >= 0.6 is 11.8 Å². The van der Waals surface area contributed by atoms with Crippen molar-refractivity contribution in [2.45, 2.75) is 57.1 Å². The van der Waals surface area contributed by atoms with Gasteiger partial charge in [-0.05, 0) is 43.4 Å². The number of aliphatic imine (C=N–C) groups is 1. The summed E-state index contributed by atoms with van der Waals surface area (Å²) in [5, 5.41) is 5.66. The number of nitrogens with one attached hydrogen (secondary N) is 1. The van der Waals surface area contributed by atoms with Gasteiger partial charge in [-0.2, -0.15) is 0 Å². The van der Waals surface area contributed by atoms with Crippen LogP contribution < -0.4 is 5.32 Å². The van der Waals surface area contributed by atoms with Crippen LogP contribution in [0.4, 0.5) is 0 Å². The molecular formula is C15H26N2S. The van der Waals surface area contributed by atoms with Crippen molar-refractivity contribution < 1.29 is 0 Å². The quantitative estimate of drug-likeness (QED) is 0.839. The van der Waals surface area contributed by atoms with Crippen molar-refractivity contribution in [2.24, 2.45) is 22.7 Å². The predicted molar refractivity (Wildman–Crippen MR) is 80.1 cm³/mol. The average Bonchev–Trinajstić information content (AvgIpc) is 3.16. The lowest BCUT2D eigenvalue weighted by molar-refractivity contribution is 0.269. The Morgan fingerprint density at radius 1 is 1.11 bits per heavy atom. The normalized spacial score (nSPS) is 36.5. The molecule has 3 heteroatoms. The third-order valence-corrected chi connectivity index (χ3v) is 6.24.